The lowest BCUT2D eigenvalue weighted by atomic mass is 9.89. The minimum Gasteiger partial charge on any atom is -0.373 e. The fourth-order valence-corrected chi connectivity index (χ4v) is 3.34. The van der Waals surface area contributed by atoms with Gasteiger partial charge in [0.05, 0.1) is 6.10 Å². The van der Waals surface area contributed by atoms with E-state index in [1.165, 1.54) is 11.1 Å². The minimum atomic E-state index is -0.371. The molecule has 1 aromatic carbocycles. The van der Waals surface area contributed by atoms with E-state index in [0.717, 1.165) is 19.4 Å². The van der Waals surface area contributed by atoms with E-state index in [4.69, 9.17) is 4.74 Å². The van der Waals surface area contributed by atoms with Crippen LogP contribution in [0.1, 0.15) is 42.9 Å². The molecule has 2 N–H and O–H groups in total. The number of carbonyl (C=O) groups excluding carboxylic acids is 2. The summed E-state index contributed by atoms with van der Waals surface area (Å²) in [4.78, 5) is 23.4. The first-order valence-electron chi connectivity index (χ1n) is 8.39. The zero-order valence-electron chi connectivity index (χ0n) is 13.5. The molecule has 3 atom stereocenters. The molecule has 0 unspecified atom stereocenters. The first-order valence-corrected chi connectivity index (χ1v) is 8.39. The lowest BCUT2D eigenvalue weighted by Crippen LogP contribution is -2.44. The molecule has 3 rings (SSSR count). The van der Waals surface area contributed by atoms with Gasteiger partial charge < -0.3 is 15.4 Å². The van der Waals surface area contributed by atoms with Gasteiger partial charge in [-0.15, -0.1) is 0 Å². The maximum atomic E-state index is 12.2. The van der Waals surface area contributed by atoms with Crippen molar-refractivity contribution < 1.29 is 14.3 Å². The number of carbonyl (C=O) groups is 2. The van der Waals surface area contributed by atoms with Gasteiger partial charge in [0, 0.05) is 25.5 Å². The van der Waals surface area contributed by atoms with Crippen molar-refractivity contribution >= 4 is 11.8 Å². The molecular formula is C18H24N2O3. The van der Waals surface area contributed by atoms with Crippen LogP contribution in [0.15, 0.2) is 24.3 Å². The Morgan fingerprint density at radius 2 is 2.09 bits per heavy atom. The van der Waals surface area contributed by atoms with Crippen LogP contribution in [0.3, 0.4) is 0 Å². The summed E-state index contributed by atoms with van der Waals surface area (Å²) in [5.41, 5.74) is 2.40. The number of hydrogen-bond acceptors (Lipinski definition) is 3. The zero-order chi connectivity index (χ0) is 16.2. The monoisotopic (exact) mass is 316 g/mol. The number of nitrogens with one attached hydrogen (secondary N) is 2. The average molecular weight is 316 g/mol. The first-order chi connectivity index (χ1) is 11.1. The van der Waals surface area contributed by atoms with Gasteiger partial charge in [0.1, 0.15) is 6.04 Å². The van der Waals surface area contributed by atoms with Crippen LogP contribution < -0.4 is 10.6 Å². The van der Waals surface area contributed by atoms with Crippen LogP contribution >= 0.6 is 0 Å². The van der Waals surface area contributed by atoms with E-state index in [9.17, 15) is 9.59 Å². The van der Waals surface area contributed by atoms with Crippen LogP contribution in [0, 0.1) is 12.8 Å². The van der Waals surface area contributed by atoms with Crippen LogP contribution in [0.2, 0.25) is 0 Å². The topological polar surface area (TPSA) is 67.4 Å². The van der Waals surface area contributed by atoms with Gasteiger partial charge in [-0.25, -0.2) is 0 Å². The summed E-state index contributed by atoms with van der Waals surface area (Å²) in [7, 11) is 0. The largest absolute Gasteiger partial charge is 0.373 e. The Balaban J connectivity index is 1.59. The highest BCUT2D eigenvalue weighted by Gasteiger charge is 2.30. The molecule has 5 nitrogen and oxygen atoms in total. The van der Waals surface area contributed by atoms with Crippen molar-refractivity contribution in [1.29, 1.82) is 0 Å². The van der Waals surface area contributed by atoms with Crippen molar-refractivity contribution in [3.8, 4) is 0 Å². The van der Waals surface area contributed by atoms with E-state index in [-0.39, 0.29) is 29.9 Å². The maximum absolute atomic E-state index is 12.2. The summed E-state index contributed by atoms with van der Waals surface area (Å²) >= 11 is 0. The zero-order valence-corrected chi connectivity index (χ0v) is 13.5. The third-order valence-electron chi connectivity index (χ3n) is 4.70. The predicted octanol–water partition coefficient (Wildman–Crippen LogP) is 1.86. The third-order valence-corrected chi connectivity index (χ3v) is 4.70. The standard InChI is InChI=1S/C18H24N2O3/c1-12-4-6-13(7-5-12)17-14(3-2-10-23-17)11-19-18(22)15-8-9-16(21)20-15/h4-7,14-15,17H,2-3,8-11H2,1H3,(H,19,22)(H,20,21)/t14-,15+,17-/m0/s1. The maximum Gasteiger partial charge on any atom is 0.242 e. The Hall–Kier alpha value is -1.88. The molecule has 2 aliphatic heterocycles. The molecule has 2 saturated heterocycles. The molecule has 23 heavy (non-hydrogen) atoms. The highest BCUT2D eigenvalue weighted by atomic mass is 16.5. The molecule has 2 amide bonds. The molecule has 0 spiro atoms. The first kappa shape index (κ1) is 16.0. The van der Waals surface area contributed by atoms with E-state index >= 15 is 0 Å². The van der Waals surface area contributed by atoms with Crippen LogP contribution in [0.5, 0.6) is 0 Å². The van der Waals surface area contributed by atoms with Gasteiger partial charge >= 0.3 is 0 Å². The molecule has 5 heteroatoms. The summed E-state index contributed by atoms with van der Waals surface area (Å²) in [5, 5.41) is 5.70. The second-order valence-corrected chi connectivity index (χ2v) is 6.51. The summed E-state index contributed by atoms with van der Waals surface area (Å²) in [6.45, 7) is 3.42. The van der Waals surface area contributed by atoms with Gasteiger partial charge in [-0.05, 0) is 31.7 Å². The molecular weight excluding hydrogens is 292 g/mol. The fraction of sp³-hybridized carbons (Fsp3) is 0.556. The lowest BCUT2D eigenvalue weighted by Gasteiger charge is -2.32. The van der Waals surface area contributed by atoms with E-state index in [1.807, 2.05) is 0 Å². The van der Waals surface area contributed by atoms with Crippen molar-refractivity contribution in [3.05, 3.63) is 35.4 Å². The van der Waals surface area contributed by atoms with Crippen molar-refractivity contribution in [2.75, 3.05) is 13.2 Å². The molecule has 0 bridgehead atoms. The van der Waals surface area contributed by atoms with E-state index in [1.54, 1.807) is 0 Å². The lowest BCUT2D eigenvalue weighted by molar-refractivity contribution is -0.126. The number of hydrogen-bond donors (Lipinski definition) is 2. The van der Waals surface area contributed by atoms with Gasteiger partial charge in [-0.1, -0.05) is 29.8 Å². The van der Waals surface area contributed by atoms with Gasteiger partial charge in [-0.3, -0.25) is 9.59 Å². The molecule has 0 radical (unpaired) electrons. The second-order valence-electron chi connectivity index (χ2n) is 6.51. The summed E-state index contributed by atoms with van der Waals surface area (Å²) in [5.74, 6) is 0.153. The molecule has 1 aromatic rings. The Morgan fingerprint density at radius 3 is 2.78 bits per heavy atom. The van der Waals surface area contributed by atoms with E-state index in [2.05, 4.69) is 41.8 Å². The summed E-state index contributed by atoms with van der Waals surface area (Å²) in [6, 6.07) is 8.03. The Kier molecular flexibility index (Phi) is 4.96. The van der Waals surface area contributed by atoms with Gasteiger partial charge in [0.25, 0.3) is 0 Å². The van der Waals surface area contributed by atoms with Crippen LogP contribution in [-0.4, -0.2) is 31.0 Å². The highest BCUT2D eigenvalue weighted by molar-refractivity contribution is 5.90. The quantitative estimate of drug-likeness (QED) is 0.891. The van der Waals surface area contributed by atoms with Crippen molar-refractivity contribution in [3.63, 3.8) is 0 Å². The fourth-order valence-electron chi connectivity index (χ4n) is 3.34. The van der Waals surface area contributed by atoms with E-state index < -0.39 is 0 Å². The number of benzene rings is 1. The Morgan fingerprint density at radius 1 is 1.30 bits per heavy atom. The normalized spacial score (nSPS) is 27.5. The highest BCUT2D eigenvalue weighted by Crippen LogP contribution is 2.33. The number of ether oxygens (including phenoxy) is 1. The van der Waals surface area contributed by atoms with E-state index in [0.29, 0.717) is 19.4 Å². The second kappa shape index (κ2) is 7.13. The van der Waals surface area contributed by atoms with Crippen molar-refractivity contribution in [2.45, 2.75) is 44.8 Å². The molecule has 2 heterocycles. The van der Waals surface area contributed by atoms with Gasteiger partial charge in [0.15, 0.2) is 0 Å². The molecule has 0 saturated carbocycles. The van der Waals surface area contributed by atoms with Crippen LogP contribution in [0.4, 0.5) is 0 Å². The van der Waals surface area contributed by atoms with Crippen molar-refractivity contribution in [1.82, 2.24) is 10.6 Å². The molecule has 2 aliphatic rings. The SMILES string of the molecule is Cc1ccc([C@@H]2OCCC[C@H]2CNC(=O)[C@H]2CCC(=O)N2)cc1. The third kappa shape index (κ3) is 3.91. The molecule has 2 fully saturated rings. The average Bonchev–Trinajstić information content (AvgIpc) is 3.00. The summed E-state index contributed by atoms with van der Waals surface area (Å²) in [6.07, 6.45) is 3.12. The van der Waals surface area contributed by atoms with Gasteiger partial charge in [0.2, 0.25) is 11.8 Å². The number of rotatable bonds is 4. The smallest absolute Gasteiger partial charge is 0.242 e. The van der Waals surface area contributed by atoms with Gasteiger partial charge in [-0.2, -0.15) is 0 Å². The molecule has 0 aromatic heterocycles. The number of amides is 2. The molecule has 0 aliphatic carbocycles. The van der Waals surface area contributed by atoms with Crippen LogP contribution in [0.25, 0.3) is 0 Å². The summed E-state index contributed by atoms with van der Waals surface area (Å²) < 4.78 is 5.97. The van der Waals surface area contributed by atoms with Crippen LogP contribution in [-0.2, 0) is 14.3 Å². The predicted molar refractivity (Wildman–Crippen MR) is 86.8 cm³/mol. The Bertz CT molecular complexity index is 570. The number of aryl methyl sites for hydroxylation is 1. The van der Waals surface area contributed by atoms with Crippen molar-refractivity contribution in [2.24, 2.45) is 5.92 Å². The molecule has 124 valence electrons. The Labute approximate surface area is 136 Å². The minimum absolute atomic E-state index is 0.0304.